The van der Waals surface area contributed by atoms with E-state index in [0.717, 1.165) is 48.1 Å². The van der Waals surface area contributed by atoms with Gasteiger partial charge in [0, 0.05) is 36.6 Å². The molecule has 0 radical (unpaired) electrons. The number of anilines is 1. The zero-order valence-corrected chi connectivity index (χ0v) is 12.1. The van der Waals surface area contributed by atoms with Gasteiger partial charge < -0.3 is 10.2 Å². The highest BCUT2D eigenvalue weighted by Crippen LogP contribution is 2.27. The van der Waals surface area contributed by atoms with Crippen LogP contribution in [0.3, 0.4) is 0 Å². The molecule has 1 fully saturated rings. The number of piperazine rings is 1. The number of rotatable bonds is 1. The summed E-state index contributed by atoms with van der Waals surface area (Å²) in [5.74, 6) is 1.09. The van der Waals surface area contributed by atoms with E-state index >= 15 is 0 Å². The molecule has 1 aromatic carbocycles. The fourth-order valence-corrected chi connectivity index (χ4v) is 2.76. The first-order valence-corrected chi connectivity index (χ1v) is 7.06. The maximum atomic E-state index is 6.20. The van der Waals surface area contributed by atoms with Gasteiger partial charge in [0.15, 0.2) is 0 Å². The minimum absolute atomic E-state index is 0.787. The average Bonchev–Trinajstić information content (AvgIpc) is 2.41. The highest BCUT2D eigenvalue weighted by Gasteiger charge is 2.15. The van der Waals surface area contributed by atoms with Crippen LogP contribution in [0.25, 0.3) is 10.9 Å². The molecule has 0 saturated carbocycles. The van der Waals surface area contributed by atoms with E-state index in [-0.39, 0.29) is 0 Å². The van der Waals surface area contributed by atoms with E-state index in [1.807, 2.05) is 13.0 Å². The minimum Gasteiger partial charge on any atom is -0.354 e. The van der Waals surface area contributed by atoms with Crippen molar-refractivity contribution in [1.29, 1.82) is 0 Å². The molecule has 1 aliphatic heterocycles. The van der Waals surface area contributed by atoms with E-state index in [4.69, 9.17) is 16.6 Å². The Hall–Kier alpha value is -1.32. The van der Waals surface area contributed by atoms with Crippen molar-refractivity contribution in [2.75, 3.05) is 31.1 Å². The number of halogens is 1. The molecule has 2 heterocycles. The quantitative estimate of drug-likeness (QED) is 0.867. The van der Waals surface area contributed by atoms with Crippen LogP contribution in [-0.4, -0.2) is 31.2 Å². The van der Waals surface area contributed by atoms with E-state index in [0.29, 0.717) is 0 Å². The van der Waals surface area contributed by atoms with Gasteiger partial charge in [-0.2, -0.15) is 0 Å². The summed E-state index contributed by atoms with van der Waals surface area (Å²) in [5.41, 5.74) is 3.32. The summed E-state index contributed by atoms with van der Waals surface area (Å²) in [6.45, 7) is 8.23. The Morgan fingerprint density at radius 1 is 1.11 bits per heavy atom. The van der Waals surface area contributed by atoms with Gasteiger partial charge in [-0.3, -0.25) is 0 Å². The van der Waals surface area contributed by atoms with Crippen LogP contribution >= 0.6 is 11.6 Å². The molecule has 0 atom stereocenters. The highest BCUT2D eigenvalue weighted by molar-refractivity contribution is 6.32. The molecule has 1 N–H and O–H groups in total. The Balaban J connectivity index is 2.10. The first kappa shape index (κ1) is 12.7. The average molecular weight is 276 g/mol. The molecule has 19 heavy (non-hydrogen) atoms. The lowest BCUT2D eigenvalue weighted by molar-refractivity contribution is 0.584. The molecule has 0 spiro atoms. The fourth-order valence-electron chi connectivity index (χ4n) is 2.60. The number of fused-ring (bicyclic) bond motifs is 1. The smallest absolute Gasteiger partial charge is 0.132 e. The van der Waals surface area contributed by atoms with Crippen molar-refractivity contribution in [2.45, 2.75) is 13.8 Å². The largest absolute Gasteiger partial charge is 0.354 e. The third kappa shape index (κ3) is 2.40. The molecule has 0 bridgehead atoms. The number of nitrogens with one attached hydrogen (secondary N) is 1. The summed E-state index contributed by atoms with van der Waals surface area (Å²) in [4.78, 5) is 7.16. The number of nitrogens with zero attached hydrogens (tertiary/aromatic N) is 2. The molecular weight excluding hydrogens is 258 g/mol. The number of hydrogen-bond donors (Lipinski definition) is 1. The molecule has 1 aliphatic rings. The predicted molar refractivity (Wildman–Crippen MR) is 81.3 cm³/mol. The number of aryl methyl sites for hydroxylation is 2. The van der Waals surface area contributed by atoms with Gasteiger partial charge in [-0.1, -0.05) is 11.6 Å². The standard InChI is InChI=1S/C15H18ClN3/c1-10-7-12-8-11(2)15(18-14(12)9-13(10)16)19-5-3-17-4-6-19/h7-9,17H,3-6H2,1-2H3. The van der Waals surface area contributed by atoms with Gasteiger partial charge in [0.2, 0.25) is 0 Å². The Bertz CT molecular complexity index is 618. The van der Waals surface area contributed by atoms with E-state index in [1.165, 1.54) is 10.9 Å². The second-order valence-electron chi connectivity index (χ2n) is 5.16. The fraction of sp³-hybridized carbons (Fsp3) is 0.400. The van der Waals surface area contributed by atoms with E-state index in [2.05, 4.69) is 29.3 Å². The van der Waals surface area contributed by atoms with Crippen molar-refractivity contribution in [3.63, 3.8) is 0 Å². The summed E-state index contributed by atoms with van der Waals surface area (Å²) in [5, 5.41) is 5.32. The number of pyridine rings is 1. The first-order valence-electron chi connectivity index (χ1n) is 6.68. The van der Waals surface area contributed by atoms with E-state index in [1.54, 1.807) is 0 Å². The number of aromatic nitrogens is 1. The molecule has 1 aromatic heterocycles. The summed E-state index contributed by atoms with van der Waals surface area (Å²) in [7, 11) is 0. The lowest BCUT2D eigenvalue weighted by atomic mass is 10.1. The van der Waals surface area contributed by atoms with Crippen molar-refractivity contribution >= 4 is 28.3 Å². The van der Waals surface area contributed by atoms with Gasteiger partial charge in [-0.15, -0.1) is 0 Å². The maximum absolute atomic E-state index is 6.20. The Kier molecular flexibility index (Phi) is 3.33. The molecule has 0 unspecified atom stereocenters. The van der Waals surface area contributed by atoms with E-state index < -0.39 is 0 Å². The second kappa shape index (κ2) is 4.99. The van der Waals surface area contributed by atoms with Crippen molar-refractivity contribution in [2.24, 2.45) is 0 Å². The Morgan fingerprint density at radius 3 is 2.53 bits per heavy atom. The predicted octanol–water partition coefficient (Wildman–Crippen LogP) is 2.91. The third-order valence-corrected chi connectivity index (χ3v) is 4.08. The van der Waals surface area contributed by atoms with Crippen molar-refractivity contribution in [1.82, 2.24) is 10.3 Å². The highest BCUT2D eigenvalue weighted by atomic mass is 35.5. The van der Waals surface area contributed by atoms with Crippen molar-refractivity contribution < 1.29 is 0 Å². The summed E-state index contributed by atoms with van der Waals surface area (Å²) in [6, 6.07) is 6.29. The Labute approximate surface area is 118 Å². The zero-order valence-electron chi connectivity index (χ0n) is 11.3. The summed E-state index contributed by atoms with van der Waals surface area (Å²) >= 11 is 6.20. The lowest BCUT2D eigenvalue weighted by Crippen LogP contribution is -2.44. The van der Waals surface area contributed by atoms with Crippen molar-refractivity contribution in [3.05, 3.63) is 34.3 Å². The SMILES string of the molecule is Cc1cc2cc(C)c(N3CCNCC3)nc2cc1Cl. The van der Waals surface area contributed by atoms with Gasteiger partial charge in [0.25, 0.3) is 0 Å². The normalized spacial score (nSPS) is 16.1. The number of benzene rings is 1. The van der Waals surface area contributed by atoms with Gasteiger partial charge in [-0.05, 0) is 43.2 Å². The molecule has 4 heteroatoms. The van der Waals surface area contributed by atoms with Crippen LogP contribution in [0.2, 0.25) is 5.02 Å². The first-order chi connectivity index (χ1) is 9.15. The lowest BCUT2D eigenvalue weighted by Gasteiger charge is -2.29. The molecule has 0 aliphatic carbocycles. The van der Waals surface area contributed by atoms with E-state index in [9.17, 15) is 0 Å². The van der Waals surface area contributed by atoms with Gasteiger partial charge in [-0.25, -0.2) is 4.98 Å². The topological polar surface area (TPSA) is 28.2 Å². The van der Waals surface area contributed by atoms with Crippen LogP contribution in [0.1, 0.15) is 11.1 Å². The van der Waals surface area contributed by atoms with Crippen LogP contribution in [0.15, 0.2) is 18.2 Å². The monoisotopic (exact) mass is 275 g/mol. The molecule has 1 saturated heterocycles. The molecule has 100 valence electrons. The molecule has 2 aromatic rings. The van der Waals surface area contributed by atoms with Gasteiger partial charge in [0.1, 0.15) is 5.82 Å². The van der Waals surface area contributed by atoms with Gasteiger partial charge in [0.05, 0.1) is 5.52 Å². The minimum atomic E-state index is 0.787. The second-order valence-corrected chi connectivity index (χ2v) is 5.57. The van der Waals surface area contributed by atoms with Crippen LogP contribution < -0.4 is 10.2 Å². The van der Waals surface area contributed by atoms with Crippen molar-refractivity contribution in [3.8, 4) is 0 Å². The third-order valence-electron chi connectivity index (χ3n) is 3.68. The maximum Gasteiger partial charge on any atom is 0.132 e. The van der Waals surface area contributed by atoms with Crippen LogP contribution in [0.4, 0.5) is 5.82 Å². The van der Waals surface area contributed by atoms with Gasteiger partial charge >= 0.3 is 0 Å². The summed E-state index contributed by atoms with van der Waals surface area (Å²) < 4.78 is 0. The molecule has 0 amide bonds. The van der Waals surface area contributed by atoms with Crippen LogP contribution in [-0.2, 0) is 0 Å². The zero-order chi connectivity index (χ0) is 13.4. The number of hydrogen-bond acceptors (Lipinski definition) is 3. The van der Waals surface area contributed by atoms with Crippen LogP contribution in [0.5, 0.6) is 0 Å². The van der Waals surface area contributed by atoms with Crippen LogP contribution in [0, 0.1) is 13.8 Å². The molecule has 3 nitrogen and oxygen atoms in total. The summed E-state index contributed by atoms with van der Waals surface area (Å²) in [6.07, 6.45) is 0. The molecular formula is C15H18ClN3. The molecule has 3 rings (SSSR count). The Morgan fingerprint density at radius 2 is 1.79 bits per heavy atom.